The van der Waals surface area contributed by atoms with Gasteiger partial charge in [0.1, 0.15) is 17.3 Å². The number of nitrogens with one attached hydrogen (secondary N) is 1. The van der Waals surface area contributed by atoms with Crippen LogP contribution in [0.2, 0.25) is 0 Å². The van der Waals surface area contributed by atoms with Crippen LogP contribution in [0.1, 0.15) is 11.3 Å². The van der Waals surface area contributed by atoms with Gasteiger partial charge >= 0.3 is 6.18 Å². The van der Waals surface area contributed by atoms with Crippen molar-refractivity contribution in [2.75, 3.05) is 4.90 Å². The number of amides is 1. The Labute approximate surface area is 172 Å². The highest BCUT2D eigenvalue weighted by Gasteiger charge is 2.40. The number of carbonyl (C=O) groups excluding carboxylic acids is 1. The van der Waals surface area contributed by atoms with Gasteiger partial charge in [0.25, 0.3) is 5.91 Å². The number of hydrogen-bond donors (Lipinski definition) is 1. The third-order valence-corrected chi connectivity index (χ3v) is 5.20. The lowest BCUT2D eigenvalue weighted by Gasteiger charge is -2.19. The molecule has 1 amide bonds. The summed E-state index contributed by atoms with van der Waals surface area (Å²) in [6, 6.07) is 13.6. The number of anilines is 1. The molecule has 2 aromatic carbocycles. The third-order valence-electron chi connectivity index (χ3n) is 4.31. The van der Waals surface area contributed by atoms with Crippen LogP contribution in [0.15, 0.2) is 70.0 Å². The zero-order valence-electron chi connectivity index (χ0n) is 15.0. The molecule has 1 aliphatic rings. The summed E-state index contributed by atoms with van der Waals surface area (Å²) in [6.07, 6.45) is -3.36. The van der Waals surface area contributed by atoms with E-state index in [-0.39, 0.29) is 27.2 Å². The Kier molecular flexibility index (Phi) is 4.98. The van der Waals surface area contributed by atoms with Gasteiger partial charge in [0.05, 0.1) is 21.7 Å². The number of nitrogens with zero attached hydrogens (tertiary/aromatic N) is 1. The summed E-state index contributed by atoms with van der Waals surface area (Å²) in [4.78, 5) is 13.5. The molecule has 0 radical (unpaired) electrons. The molecule has 1 aliphatic heterocycles. The second-order valence-corrected chi connectivity index (χ2v) is 7.28. The van der Waals surface area contributed by atoms with E-state index in [4.69, 9.17) is 9.83 Å². The van der Waals surface area contributed by atoms with Crippen molar-refractivity contribution >= 4 is 34.6 Å². The third kappa shape index (κ3) is 3.63. The first-order chi connectivity index (χ1) is 14.3. The summed E-state index contributed by atoms with van der Waals surface area (Å²) in [7, 11) is 0. The Morgan fingerprint density at radius 3 is 2.43 bits per heavy atom. The van der Waals surface area contributed by atoms with Crippen LogP contribution in [-0.2, 0) is 11.0 Å². The minimum atomic E-state index is -4.68. The van der Waals surface area contributed by atoms with Gasteiger partial charge in [-0.25, -0.2) is 4.39 Å². The summed E-state index contributed by atoms with van der Waals surface area (Å²) in [6.45, 7) is 0. The number of benzene rings is 2. The normalized spacial score (nSPS) is 16.0. The number of carbonyl (C=O) groups is 1. The summed E-state index contributed by atoms with van der Waals surface area (Å²) in [5.74, 6) is -0.799. The van der Waals surface area contributed by atoms with Crippen molar-refractivity contribution < 1.29 is 26.8 Å². The molecule has 2 heterocycles. The molecular weight excluding hydrogens is 420 g/mol. The second-order valence-electron chi connectivity index (χ2n) is 6.25. The van der Waals surface area contributed by atoms with Crippen LogP contribution in [0.25, 0.3) is 17.4 Å². The fourth-order valence-electron chi connectivity index (χ4n) is 2.98. The summed E-state index contributed by atoms with van der Waals surface area (Å²) >= 11 is 0.718. The minimum absolute atomic E-state index is 0.0198. The monoisotopic (exact) mass is 432 g/mol. The van der Waals surface area contributed by atoms with Crippen LogP contribution >= 0.6 is 11.8 Å². The molecule has 4 rings (SSSR count). The maximum atomic E-state index is 13.9. The number of thioether (sulfide) groups is 1. The van der Waals surface area contributed by atoms with Gasteiger partial charge in [0.2, 0.25) is 0 Å². The van der Waals surface area contributed by atoms with E-state index in [1.807, 2.05) is 0 Å². The predicted molar refractivity (Wildman–Crippen MR) is 106 cm³/mol. The molecule has 1 fully saturated rings. The van der Waals surface area contributed by atoms with E-state index in [0.717, 1.165) is 23.9 Å². The Morgan fingerprint density at radius 1 is 1.00 bits per heavy atom. The molecule has 3 aromatic rings. The minimum Gasteiger partial charge on any atom is -0.457 e. The van der Waals surface area contributed by atoms with Gasteiger partial charge in [-0.15, -0.1) is 0 Å². The highest BCUT2D eigenvalue weighted by atomic mass is 32.2. The van der Waals surface area contributed by atoms with Crippen molar-refractivity contribution in [3.63, 3.8) is 0 Å². The maximum Gasteiger partial charge on any atom is 0.418 e. The second kappa shape index (κ2) is 7.49. The Balaban J connectivity index is 1.66. The van der Waals surface area contributed by atoms with E-state index in [9.17, 15) is 22.4 Å². The van der Waals surface area contributed by atoms with Gasteiger partial charge in [-0.1, -0.05) is 24.3 Å². The van der Waals surface area contributed by atoms with Crippen molar-refractivity contribution in [1.29, 1.82) is 5.41 Å². The van der Waals surface area contributed by atoms with Crippen molar-refractivity contribution in [3.05, 3.63) is 82.7 Å². The highest BCUT2D eigenvalue weighted by molar-refractivity contribution is 8.19. The first-order valence-electron chi connectivity index (χ1n) is 8.59. The van der Waals surface area contributed by atoms with Crippen molar-refractivity contribution in [2.24, 2.45) is 0 Å². The molecule has 0 aliphatic carbocycles. The Morgan fingerprint density at radius 2 is 1.70 bits per heavy atom. The van der Waals surface area contributed by atoms with Crippen LogP contribution < -0.4 is 4.90 Å². The topological polar surface area (TPSA) is 57.3 Å². The average molecular weight is 432 g/mol. The zero-order valence-corrected chi connectivity index (χ0v) is 15.9. The molecule has 4 nitrogen and oxygen atoms in total. The fraction of sp³-hybridized carbons (Fsp3) is 0.0476. The van der Waals surface area contributed by atoms with E-state index in [1.54, 1.807) is 6.07 Å². The molecule has 0 saturated carbocycles. The van der Waals surface area contributed by atoms with Gasteiger partial charge < -0.3 is 4.42 Å². The molecule has 152 valence electrons. The molecule has 9 heteroatoms. The molecule has 1 aromatic heterocycles. The maximum absolute atomic E-state index is 13.9. The van der Waals surface area contributed by atoms with Crippen molar-refractivity contribution in [1.82, 2.24) is 0 Å². The lowest BCUT2D eigenvalue weighted by molar-refractivity contribution is -0.137. The quantitative estimate of drug-likeness (QED) is 0.398. The number of para-hydroxylation sites is 1. The van der Waals surface area contributed by atoms with E-state index in [0.29, 0.717) is 4.90 Å². The zero-order chi connectivity index (χ0) is 21.5. The summed E-state index contributed by atoms with van der Waals surface area (Å²) in [5.41, 5.74) is -1.19. The number of furan rings is 1. The number of hydrogen-bond acceptors (Lipinski definition) is 4. The summed E-state index contributed by atoms with van der Waals surface area (Å²) in [5, 5.41) is 7.66. The Hall–Kier alpha value is -3.33. The average Bonchev–Trinajstić information content (AvgIpc) is 3.26. The molecule has 0 spiro atoms. The van der Waals surface area contributed by atoms with E-state index in [1.165, 1.54) is 48.5 Å². The molecule has 0 unspecified atom stereocenters. The Bertz CT molecular complexity index is 1180. The number of rotatable bonds is 3. The van der Waals surface area contributed by atoms with Crippen LogP contribution in [0.3, 0.4) is 0 Å². The van der Waals surface area contributed by atoms with Crippen LogP contribution in [0.5, 0.6) is 0 Å². The molecule has 1 saturated heterocycles. The summed E-state index contributed by atoms with van der Waals surface area (Å²) < 4.78 is 59.4. The lowest BCUT2D eigenvalue weighted by Crippen LogP contribution is -2.30. The predicted octanol–water partition coefficient (Wildman–Crippen LogP) is 6.16. The standard InChI is InChI=1S/C21H12F4N2O2S/c22-15-7-3-1-5-13(15)17-10-9-12(29-17)11-18-19(28)27(20(26)30-18)16-8-4-2-6-14(16)21(23,24)25/h1-11,26H/b18-11+,26-20?. The number of alkyl halides is 3. The van der Waals surface area contributed by atoms with Crippen LogP contribution in [0, 0.1) is 11.2 Å². The first kappa shape index (κ1) is 20.0. The van der Waals surface area contributed by atoms with Gasteiger partial charge in [-0.3, -0.25) is 15.1 Å². The highest BCUT2D eigenvalue weighted by Crippen LogP contribution is 2.42. The van der Waals surface area contributed by atoms with Gasteiger partial charge in [-0.2, -0.15) is 13.2 Å². The molecule has 0 atom stereocenters. The van der Waals surface area contributed by atoms with Gasteiger partial charge in [0.15, 0.2) is 5.17 Å². The largest absolute Gasteiger partial charge is 0.457 e. The van der Waals surface area contributed by atoms with Crippen LogP contribution in [-0.4, -0.2) is 11.1 Å². The lowest BCUT2D eigenvalue weighted by atomic mass is 10.1. The van der Waals surface area contributed by atoms with E-state index < -0.39 is 29.2 Å². The molecule has 30 heavy (non-hydrogen) atoms. The number of halogens is 4. The SMILES string of the molecule is N=C1S/C(=C/c2ccc(-c3ccccc3F)o2)C(=O)N1c1ccccc1C(F)(F)F. The van der Waals surface area contributed by atoms with Crippen LogP contribution in [0.4, 0.5) is 23.2 Å². The molecule has 0 bridgehead atoms. The number of amidine groups is 1. The van der Waals surface area contributed by atoms with Crippen molar-refractivity contribution in [3.8, 4) is 11.3 Å². The van der Waals surface area contributed by atoms with Gasteiger partial charge in [-0.05, 0) is 48.2 Å². The van der Waals surface area contributed by atoms with Crippen molar-refractivity contribution in [2.45, 2.75) is 6.18 Å². The molecular formula is C21H12F4N2O2S. The van der Waals surface area contributed by atoms with E-state index in [2.05, 4.69) is 0 Å². The molecule has 1 N–H and O–H groups in total. The smallest absolute Gasteiger partial charge is 0.418 e. The fourth-order valence-corrected chi connectivity index (χ4v) is 3.81. The van der Waals surface area contributed by atoms with Gasteiger partial charge in [0, 0.05) is 6.08 Å². The van der Waals surface area contributed by atoms with E-state index >= 15 is 0 Å². The first-order valence-corrected chi connectivity index (χ1v) is 9.41.